The molecule has 0 radical (unpaired) electrons. The van der Waals surface area contributed by atoms with Crippen LogP contribution < -0.4 is 5.32 Å². The zero-order valence-corrected chi connectivity index (χ0v) is 15.8. The predicted molar refractivity (Wildman–Crippen MR) is 111 cm³/mol. The fourth-order valence-corrected chi connectivity index (χ4v) is 3.84. The average Bonchev–Trinajstić information content (AvgIpc) is 2.68. The number of hydrogen-bond donors (Lipinski definition) is 1. The Hall–Kier alpha value is -3.09. The molecule has 134 valence electrons. The number of nitriles is 1. The topological polar surface area (TPSA) is 39.1 Å². The molecule has 0 spiro atoms. The first-order valence-corrected chi connectivity index (χ1v) is 9.31. The summed E-state index contributed by atoms with van der Waals surface area (Å²) in [5.74, 6) is 0. The Morgan fingerprint density at radius 1 is 1.04 bits per heavy atom. The van der Waals surface area contributed by atoms with E-state index in [1.807, 2.05) is 18.2 Å². The molecule has 27 heavy (non-hydrogen) atoms. The van der Waals surface area contributed by atoms with E-state index in [0.717, 1.165) is 41.9 Å². The second-order valence-electron chi connectivity index (χ2n) is 7.28. The third-order valence-corrected chi connectivity index (χ3v) is 5.26. The number of anilines is 2. The highest BCUT2D eigenvalue weighted by molar-refractivity contribution is 5.74. The van der Waals surface area contributed by atoms with Gasteiger partial charge in [-0.15, -0.1) is 0 Å². The minimum atomic E-state index is 0.700. The Balaban J connectivity index is 1.65. The zero-order valence-electron chi connectivity index (χ0n) is 15.8. The maximum atomic E-state index is 9.08. The summed E-state index contributed by atoms with van der Waals surface area (Å²) in [5.41, 5.74) is 9.26. The maximum Gasteiger partial charge on any atom is 0.0991 e. The van der Waals surface area contributed by atoms with E-state index >= 15 is 0 Å². The molecule has 0 unspecified atom stereocenters. The van der Waals surface area contributed by atoms with E-state index < -0.39 is 0 Å². The number of aryl methyl sites for hydroxylation is 1. The van der Waals surface area contributed by atoms with Gasteiger partial charge in [0.1, 0.15) is 0 Å². The quantitative estimate of drug-likeness (QED) is 0.697. The first-order chi connectivity index (χ1) is 13.1. The average molecular weight is 353 g/mol. The van der Waals surface area contributed by atoms with Crippen LogP contribution in [-0.4, -0.2) is 18.5 Å². The van der Waals surface area contributed by atoms with Gasteiger partial charge in [0.2, 0.25) is 0 Å². The van der Waals surface area contributed by atoms with Crippen molar-refractivity contribution in [2.75, 3.05) is 18.9 Å². The van der Waals surface area contributed by atoms with Gasteiger partial charge in [0.15, 0.2) is 0 Å². The zero-order chi connectivity index (χ0) is 18.8. The first kappa shape index (κ1) is 17.3. The van der Waals surface area contributed by atoms with E-state index in [2.05, 4.69) is 72.7 Å². The van der Waals surface area contributed by atoms with Gasteiger partial charge in [-0.3, -0.25) is 0 Å². The van der Waals surface area contributed by atoms with E-state index in [-0.39, 0.29) is 0 Å². The Morgan fingerprint density at radius 2 is 1.89 bits per heavy atom. The lowest BCUT2D eigenvalue weighted by molar-refractivity contribution is 0.313. The molecule has 0 fully saturated rings. The highest BCUT2D eigenvalue weighted by Crippen LogP contribution is 2.31. The van der Waals surface area contributed by atoms with Gasteiger partial charge in [-0.05, 0) is 78.5 Å². The van der Waals surface area contributed by atoms with Gasteiger partial charge in [-0.1, -0.05) is 30.3 Å². The van der Waals surface area contributed by atoms with Crippen molar-refractivity contribution < 1.29 is 0 Å². The Morgan fingerprint density at radius 3 is 2.70 bits per heavy atom. The van der Waals surface area contributed by atoms with Crippen molar-refractivity contribution in [3.8, 4) is 17.2 Å². The van der Waals surface area contributed by atoms with Gasteiger partial charge < -0.3 is 10.2 Å². The Labute approximate surface area is 160 Å². The largest absolute Gasteiger partial charge is 0.355 e. The molecule has 0 aromatic heterocycles. The third-order valence-electron chi connectivity index (χ3n) is 5.26. The van der Waals surface area contributed by atoms with Crippen LogP contribution >= 0.6 is 0 Å². The molecule has 3 aromatic rings. The summed E-state index contributed by atoms with van der Waals surface area (Å²) in [6, 6.07) is 23.1. The second-order valence-corrected chi connectivity index (χ2v) is 7.28. The number of nitrogens with one attached hydrogen (secondary N) is 1. The SMILES string of the molecule is Cc1cc(C#N)ccc1-c1cccc(Nc2cccc3c2CCN(C)C3)c1. The van der Waals surface area contributed by atoms with Crippen molar-refractivity contribution in [2.24, 2.45) is 0 Å². The molecular formula is C24H23N3. The molecule has 0 saturated heterocycles. The van der Waals surface area contributed by atoms with Crippen LogP contribution in [0.5, 0.6) is 0 Å². The number of hydrogen-bond acceptors (Lipinski definition) is 3. The van der Waals surface area contributed by atoms with Crippen molar-refractivity contribution >= 4 is 11.4 Å². The van der Waals surface area contributed by atoms with Crippen molar-refractivity contribution in [3.63, 3.8) is 0 Å². The van der Waals surface area contributed by atoms with Crippen LogP contribution in [0.1, 0.15) is 22.3 Å². The van der Waals surface area contributed by atoms with Crippen LogP contribution in [0.4, 0.5) is 11.4 Å². The van der Waals surface area contributed by atoms with E-state index in [4.69, 9.17) is 5.26 Å². The fourth-order valence-electron chi connectivity index (χ4n) is 3.84. The summed E-state index contributed by atoms with van der Waals surface area (Å²) in [6.07, 6.45) is 1.07. The van der Waals surface area contributed by atoms with Crippen LogP contribution in [-0.2, 0) is 13.0 Å². The molecule has 0 saturated carbocycles. The minimum absolute atomic E-state index is 0.700. The van der Waals surface area contributed by atoms with Gasteiger partial charge in [0, 0.05) is 24.5 Å². The van der Waals surface area contributed by atoms with Gasteiger partial charge in [-0.25, -0.2) is 0 Å². The van der Waals surface area contributed by atoms with Crippen LogP contribution in [0.15, 0.2) is 60.7 Å². The Bertz CT molecular complexity index is 1030. The van der Waals surface area contributed by atoms with Crippen LogP contribution in [0.3, 0.4) is 0 Å². The molecule has 3 nitrogen and oxygen atoms in total. The molecule has 3 aromatic carbocycles. The van der Waals surface area contributed by atoms with Crippen molar-refractivity contribution in [2.45, 2.75) is 19.9 Å². The molecule has 1 aliphatic rings. The van der Waals surface area contributed by atoms with Crippen molar-refractivity contribution in [1.82, 2.24) is 4.90 Å². The first-order valence-electron chi connectivity index (χ1n) is 9.31. The van der Waals surface area contributed by atoms with E-state index in [1.165, 1.54) is 16.8 Å². The lowest BCUT2D eigenvalue weighted by atomic mass is 9.97. The van der Waals surface area contributed by atoms with E-state index in [9.17, 15) is 0 Å². The van der Waals surface area contributed by atoms with E-state index in [1.54, 1.807) is 0 Å². The lowest BCUT2D eigenvalue weighted by Gasteiger charge is -2.27. The summed E-state index contributed by atoms with van der Waals surface area (Å²) in [6.45, 7) is 4.16. The molecule has 4 rings (SSSR count). The highest BCUT2D eigenvalue weighted by atomic mass is 15.1. The smallest absolute Gasteiger partial charge is 0.0991 e. The fraction of sp³-hybridized carbons (Fsp3) is 0.208. The second kappa shape index (κ2) is 7.26. The van der Waals surface area contributed by atoms with Gasteiger partial charge in [0.25, 0.3) is 0 Å². The lowest BCUT2D eigenvalue weighted by Crippen LogP contribution is -2.26. The molecule has 0 amide bonds. The number of likely N-dealkylation sites (N-methyl/N-ethyl adjacent to an activating group) is 1. The standard InChI is InChI=1S/C24H23N3/c1-17-13-18(15-25)9-10-22(17)19-5-3-7-21(14-19)26-24-8-4-6-20-16-27(2)12-11-23(20)24/h3-10,13-14,26H,11-12,16H2,1-2H3. The van der Waals surface area contributed by atoms with Crippen LogP contribution in [0.25, 0.3) is 11.1 Å². The number of nitrogens with zero attached hydrogens (tertiary/aromatic N) is 2. The van der Waals surface area contributed by atoms with Gasteiger partial charge in [-0.2, -0.15) is 5.26 Å². The molecule has 1 N–H and O–H groups in total. The molecule has 3 heteroatoms. The monoisotopic (exact) mass is 353 g/mol. The van der Waals surface area contributed by atoms with Crippen molar-refractivity contribution in [3.05, 3.63) is 82.9 Å². The molecular weight excluding hydrogens is 330 g/mol. The summed E-state index contributed by atoms with van der Waals surface area (Å²) >= 11 is 0. The summed E-state index contributed by atoms with van der Waals surface area (Å²) in [4.78, 5) is 2.36. The maximum absolute atomic E-state index is 9.08. The molecule has 0 atom stereocenters. The summed E-state index contributed by atoms with van der Waals surface area (Å²) in [7, 11) is 2.17. The minimum Gasteiger partial charge on any atom is -0.355 e. The van der Waals surface area contributed by atoms with Crippen LogP contribution in [0, 0.1) is 18.3 Å². The number of fused-ring (bicyclic) bond motifs is 1. The van der Waals surface area contributed by atoms with Gasteiger partial charge in [0.05, 0.1) is 11.6 Å². The molecule has 1 heterocycles. The number of benzene rings is 3. The normalized spacial score (nSPS) is 13.7. The van der Waals surface area contributed by atoms with Crippen molar-refractivity contribution in [1.29, 1.82) is 5.26 Å². The predicted octanol–water partition coefficient (Wildman–Crippen LogP) is 5.27. The highest BCUT2D eigenvalue weighted by Gasteiger charge is 2.16. The van der Waals surface area contributed by atoms with Crippen LogP contribution in [0.2, 0.25) is 0 Å². The third kappa shape index (κ3) is 3.58. The molecule has 0 bridgehead atoms. The van der Waals surface area contributed by atoms with Gasteiger partial charge >= 0.3 is 0 Å². The summed E-state index contributed by atoms with van der Waals surface area (Å²) < 4.78 is 0. The summed E-state index contributed by atoms with van der Waals surface area (Å²) in [5, 5.41) is 12.7. The Kier molecular flexibility index (Phi) is 4.66. The van der Waals surface area contributed by atoms with E-state index in [0.29, 0.717) is 5.56 Å². The number of rotatable bonds is 3. The molecule has 1 aliphatic heterocycles. The molecule has 0 aliphatic carbocycles.